The first-order valence-corrected chi connectivity index (χ1v) is 5.74. The molecular formula is C14H9F4NO2. The Bertz CT molecular complexity index is 704. The van der Waals surface area contributed by atoms with Gasteiger partial charge in [-0.3, -0.25) is 0 Å². The number of benzene rings is 2. The van der Waals surface area contributed by atoms with Crippen LogP contribution in [0.25, 0.3) is 0 Å². The van der Waals surface area contributed by atoms with Gasteiger partial charge in [-0.15, -0.1) is 0 Å². The first-order valence-electron chi connectivity index (χ1n) is 5.74. The summed E-state index contributed by atoms with van der Waals surface area (Å²) in [7, 11) is 0. The van der Waals surface area contributed by atoms with Gasteiger partial charge in [-0.25, -0.2) is 22.4 Å². The Kier molecular flexibility index (Phi) is 4.11. The van der Waals surface area contributed by atoms with Gasteiger partial charge in [0.2, 0.25) is 0 Å². The van der Waals surface area contributed by atoms with E-state index >= 15 is 0 Å². The Morgan fingerprint density at radius 2 is 1.71 bits per heavy atom. The van der Waals surface area contributed by atoms with E-state index in [0.717, 1.165) is 12.1 Å². The van der Waals surface area contributed by atoms with E-state index in [4.69, 9.17) is 5.73 Å². The zero-order chi connectivity index (χ0) is 15.6. The first-order chi connectivity index (χ1) is 9.88. The molecule has 0 unspecified atom stereocenters. The van der Waals surface area contributed by atoms with Gasteiger partial charge in [0.1, 0.15) is 29.9 Å². The summed E-state index contributed by atoms with van der Waals surface area (Å²) in [6.07, 6.45) is 0. The molecular weight excluding hydrogens is 290 g/mol. The van der Waals surface area contributed by atoms with Gasteiger partial charge in [0, 0.05) is 17.7 Å². The van der Waals surface area contributed by atoms with Crippen LogP contribution >= 0.6 is 0 Å². The number of ether oxygens (including phenoxy) is 1. The standard InChI is InChI=1S/C14H9F4NO2/c15-8-2-1-7(10(16)3-8)6-21-14(20)9-4-12(18)13(19)5-11(9)17/h1-5H,6,19H2. The maximum absolute atomic E-state index is 13.5. The molecule has 0 atom stereocenters. The minimum absolute atomic E-state index is 0.0962. The fraction of sp³-hybridized carbons (Fsp3) is 0.0714. The molecule has 0 fully saturated rings. The lowest BCUT2D eigenvalue weighted by atomic mass is 10.2. The maximum Gasteiger partial charge on any atom is 0.341 e. The van der Waals surface area contributed by atoms with Crippen molar-refractivity contribution in [2.24, 2.45) is 0 Å². The molecule has 2 rings (SSSR count). The Morgan fingerprint density at radius 3 is 2.38 bits per heavy atom. The van der Waals surface area contributed by atoms with Gasteiger partial charge in [0.25, 0.3) is 0 Å². The van der Waals surface area contributed by atoms with E-state index in [-0.39, 0.29) is 5.56 Å². The molecule has 0 aliphatic heterocycles. The molecule has 0 saturated heterocycles. The molecule has 7 heteroatoms. The van der Waals surface area contributed by atoms with Gasteiger partial charge < -0.3 is 10.5 Å². The quantitative estimate of drug-likeness (QED) is 0.538. The molecule has 2 N–H and O–H groups in total. The van der Waals surface area contributed by atoms with E-state index in [1.807, 2.05) is 0 Å². The van der Waals surface area contributed by atoms with E-state index in [0.29, 0.717) is 18.2 Å². The molecule has 0 radical (unpaired) electrons. The summed E-state index contributed by atoms with van der Waals surface area (Å²) in [6.45, 7) is -0.545. The fourth-order valence-electron chi connectivity index (χ4n) is 1.58. The number of nitrogens with two attached hydrogens (primary N) is 1. The molecule has 2 aromatic rings. The van der Waals surface area contributed by atoms with Crippen LogP contribution in [0.3, 0.4) is 0 Å². The number of anilines is 1. The molecule has 0 saturated carbocycles. The Morgan fingerprint density at radius 1 is 1.00 bits per heavy atom. The SMILES string of the molecule is Nc1cc(F)c(C(=O)OCc2ccc(F)cc2F)cc1F. The lowest BCUT2D eigenvalue weighted by Crippen LogP contribution is -2.10. The lowest BCUT2D eigenvalue weighted by Gasteiger charge is -2.07. The van der Waals surface area contributed by atoms with Crippen molar-refractivity contribution in [1.82, 2.24) is 0 Å². The fourth-order valence-corrected chi connectivity index (χ4v) is 1.58. The third-order valence-corrected chi connectivity index (χ3v) is 2.68. The second-order valence-electron chi connectivity index (χ2n) is 4.17. The third kappa shape index (κ3) is 3.31. The zero-order valence-corrected chi connectivity index (χ0v) is 10.5. The van der Waals surface area contributed by atoms with Crippen LogP contribution in [-0.4, -0.2) is 5.97 Å². The Labute approximate surface area is 116 Å². The molecule has 0 aliphatic rings. The first kappa shape index (κ1) is 14.8. The smallest absolute Gasteiger partial charge is 0.341 e. The second-order valence-corrected chi connectivity index (χ2v) is 4.17. The van der Waals surface area contributed by atoms with Gasteiger partial charge in [-0.05, 0) is 18.2 Å². The number of carbonyl (C=O) groups excluding carboxylic acids is 1. The van der Waals surface area contributed by atoms with Crippen molar-refractivity contribution in [3.8, 4) is 0 Å². The van der Waals surface area contributed by atoms with Crippen LogP contribution in [0.15, 0.2) is 30.3 Å². The summed E-state index contributed by atoms with van der Waals surface area (Å²) in [4.78, 5) is 11.6. The number of halogens is 4. The van der Waals surface area contributed by atoms with Crippen molar-refractivity contribution in [3.05, 3.63) is 64.7 Å². The van der Waals surface area contributed by atoms with Crippen molar-refractivity contribution in [3.63, 3.8) is 0 Å². The third-order valence-electron chi connectivity index (χ3n) is 2.68. The largest absolute Gasteiger partial charge is 0.457 e. The van der Waals surface area contributed by atoms with E-state index < -0.39 is 47.1 Å². The number of hydrogen-bond acceptors (Lipinski definition) is 3. The van der Waals surface area contributed by atoms with E-state index in [9.17, 15) is 22.4 Å². The van der Waals surface area contributed by atoms with Crippen LogP contribution in [0.1, 0.15) is 15.9 Å². The molecule has 0 bridgehead atoms. The summed E-state index contributed by atoms with van der Waals surface area (Å²) in [5.41, 5.74) is 3.93. The number of nitrogen functional groups attached to an aromatic ring is 1. The predicted octanol–water partition coefficient (Wildman–Crippen LogP) is 3.18. The summed E-state index contributed by atoms with van der Waals surface area (Å²) in [5, 5.41) is 0. The maximum atomic E-state index is 13.5. The molecule has 0 aliphatic carbocycles. The normalized spacial score (nSPS) is 10.5. The predicted molar refractivity (Wildman–Crippen MR) is 66.2 cm³/mol. The second kappa shape index (κ2) is 5.82. The van der Waals surface area contributed by atoms with Crippen LogP contribution < -0.4 is 5.73 Å². The number of esters is 1. The van der Waals surface area contributed by atoms with Crippen LogP contribution in [0.4, 0.5) is 23.2 Å². The number of carbonyl (C=O) groups is 1. The van der Waals surface area contributed by atoms with Crippen LogP contribution in [0.5, 0.6) is 0 Å². The van der Waals surface area contributed by atoms with Gasteiger partial charge in [-0.2, -0.15) is 0 Å². The highest BCUT2D eigenvalue weighted by atomic mass is 19.1. The van der Waals surface area contributed by atoms with E-state index in [1.54, 1.807) is 0 Å². The van der Waals surface area contributed by atoms with E-state index in [1.165, 1.54) is 0 Å². The lowest BCUT2D eigenvalue weighted by molar-refractivity contribution is 0.0463. The minimum atomic E-state index is -1.19. The molecule has 0 spiro atoms. The molecule has 3 nitrogen and oxygen atoms in total. The minimum Gasteiger partial charge on any atom is -0.457 e. The average molecular weight is 299 g/mol. The van der Waals surface area contributed by atoms with Crippen LogP contribution in [0.2, 0.25) is 0 Å². The monoisotopic (exact) mass is 299 g/mol. The summed E-state index contributed by atoms with van der Waals surface area (Å²) < 4.78 is 57.3. The average Bonchev–Trinajstić information content (AvgIpc) is 2.41. The number of hydrogen-bond donors (Lipinski definition) is 1. The molecule has 110 valence electrons. The summed E-state index contributed by atoms with van der Waals surface area (Å²) in [5.74, 6) is -4.91. The van der Waals surface area contributed by atoms with Crippen molar-refractivity contribution in [1.29, 1.82) is 0 Å². The van der Waals surface area contributed by atoms with Crippen molar-refractivity contribution < 1.29 is 27.1 Å². The van der Waals surface area contributed by atoms with Crippen molar-refractivity contribution in [2.45, 2.75) is 6.61 Å². The molecule has 0 aromatic heterocycles. The van der Waals surface area contributed by atoms with Gasteiger partial charge >= 0.3 is 5.97 Å². The molecule has 21 heavy (non-hydrogen) atoms. The van der Waals surface area contributed by atoms with Crippen molar-refractivity contribution >= 4 is 11.7 Å². The molecule has 0 heterocycles. The van der Waals surface area contributed by atoms with Gasteiger partial charge in [0.05, 0.1) is 11.3 Å². The Hall–Kier alpha value is -2.57. The van der Waals surface area contributed by atoms with Gasteiger partial charge in [0.15, 0.2) is 0 Å². The van der Waals surface area contributed by atoms with Crippen molar-refractivity contribution in [2.75, 3.05) is 5.73 Å². The summed E-state index contributed by atoms with van der Waals surface area (Å²) in [6, 6.07) is 3.92. The highest BCUT2D eigenvalue weighted by Crippen LogP contribution is 2.18. The highest BCUT2D eigenvalue weighted by Gasteiger charge is 2.17. The van der Waals surface area contributed by atoms with Crippen LogP contribution in [0, 0.1) is 23.3 Å². The summed E-state index contributed by atoms with van der Waals surface area (Å²) >= 11 is 0. The van der Waals surface area contributed by atoms with E-state index in [2.05, 4.69) is 4.74 Å². The molecule has 2 aromatic carbocycles. The van der Waals surface area contributed by atoms with Crippen LogP contribution in [-0.2, 0) is 11.3 Å². The highest BCUT2D eigenvalue weighted by molar-refractivity contribution is 5.90. The zero-order valence-electron chi connectivity index (χ0n) is 10.5. The van der Waals surface area contributed by atoms with Gasteiger partial charge in [-0.1, -0.05) is 0 Å². The Balaban J connectivity index is 2.13. The molecule has 0 amide bonds. The topological polar surface area (TPSA) is 52.3 Å². The number of rotatable bonds is 3.